The first-order chi connectivity index (χ1) is 13.2. The summed E-state index contributed by atoms with van der Waals surface area (Å²) >= 11 is 5.94. The van der Waals surface area contributed by atoms with E-state index in [-0.39, 0.29) is 22.9 Å². The van der Waals surface area contributed by atoms with E-state index in [4.69, 9.17) is 21.5 Å². The Kier molecular flexibility index (Phi) is 6.36. The highest BCUT2D eigenvalue weighted by atomic mass is 35.5. The number of nitrogens with zero attached hydrogens (tertiary/aromatic N) is 1. The lowest BCUT2D eigenvalue weighted by Crippen LogP contribution is -2.48. The molecule has 9 heteroatoms. The second-order valence-electron chi connectivity index (χ2n) is 6.64. The number of benzene rings is 2. The number of hydrogen-bond acceptors (Lipinski definition) is 5. The minimum atomic E-state index is -3.76. The number of morpholine rings is 1. The molecule has 7 nitrogen and oxygen atoms in total. The largest absolute Gasteiger partial charge is 0.371 e. The zero-order chi connectivity index (χ0) is 20.3. The summed E-state index contributed by atoms with van der Waals surface area (Å²) in [6.45, 7) is 3.58. The molecule has 150 valence electrons. The summed E-state index contributed by atoms with van der Waals surface area (Å²) in [5.74, 6) is -0.180. The van der Waals surface area contributed by atoms with Gasteiger partial charge in [-0.25, -0.2) is 13.6 Å². The van der Waals surface area contributed by atoms with Gasteiger partial charge in [-0.3, -0.25) is 9.69 Å². The van der Waals surface area contributed by atoms with Crippen molar-refractivity contribution in [3.63, 3.8) is 0 Å². The lowest BCUT2D eigenvalue weighted by Gasteiger charge is -2.36. The molecule has 2 aromatic rings. The van der Waals surface area contributed by atoms with Crippen LogP contribution in [0.1, 0.15) is 18.6 Å². The van der Waals surface area contributed by atoms with Gasteiger partial charge in [-0.15, -0.1) is 0 Å². The van der Waals surface area contributed by atoms with Crippen molar-refractivity contribution in [3.05, 3.63) is 59.1 Å². The smallest absolute Gasteiger partial charge is 0.241 e. The first-order valence-electron chi connectivity index (χ1n) is 8.79. The van der Waals surface area contributed by atoms with Gasteiger partial charge in [0.15, 0.2) is 0 Å². The van der Waals surface area contributed by atoms with Crippen LogP contribution in [0.2, 0.25) is 5.02 Å². The van der Waals surface area contributed by atoms with Crippen LogP contribution in [0.25, 0.3) is 0 Å². The second-order valence-corrected chi connectivity index (χ2v) is 8.64. The topological polar surface area (TPSA) is 102 Å². The van der Waals surface area contributed by atoms with Crippen molar-refractivity contribution in [1.29, 1.82) is 0 Å². The molecule has 1 aliphatic heterocycles. The number of amides is 1. The van der Waals surface area contributed by atoms with E-state index < -0.39 is 10.0 Å². The Morgan fingerprint density at radius 1 is 1.21 bits per heavy atom. The van der Waals surface area contributed by atoms with Crippen molar-refractivity contribution >= 4 is 33.2 Å². The fourth-order valence-electron chi connectivity index (χ4n) is 3.04. The summed E-state index contributed by atoms with van der Waals surface area (Å²) in [4.78, 5) is 14.7. The minimum Gasteiger partial charge on any atom is -0.371 e. The molecule has 2 atom stereocenters. The van der Waals surface area contributed by atoms with Gasteiger partial charge in [-0.1, -0.05) is 23.7 Å². The van der Waals surface area contributed by atoms with Crippen LogP contribution in [-0.4, -0.2) is 45.0 Å². The Labute approximate surface area is 169 Å². The predicted molar refractivity (Wildman–Crippen MR) is 108 cm³/mol. The maximum Gasteiger partial charge on any atom is 0.241 e. The highest BCUT2D eigenvalue weighted by Crippen LogP contribution is 2.25. The quantitative estimate of drug-likeness (QED) is 0.768. The van der Waals surface area contributed by atoms with Crippen LogP contribution in [0.4, 0.5) is 5.69 Å². The molecule has 3 N–H and O–H groups in total. The summed E-state index contributed by atoms with van der Waals surface area (Å²) in [7, 11) is -3.76. The maximum atomic E-state index is 12.6. The number of primary sulfonamides is 1. The minimum absolute atomic E-state index is 0.00228. The molecule has 0 saturated carbocycles. The lowest BCUT2D eigenvalue weighted by atomic mass is 10.1. The molecule has 0 radical (unpaired) electrons. The van der Waals surface area contributed by atoms with Crippen LogP contribution in [-0.2, 0) is 19.6 Å². The van der Waals surface area contributed by atoms with Crippen LogP contribution in [0, 0.1) is 0 Å². The summed E-state index contributed by atoms with van der Waals surface area (Å²) in [6, 6.07) is 12.9. The molecule has 0 spiro atoms. The number of halogens is 1. The first kappa shape index (κ1) is 20.8. The molecule has 1 amide bonds. The number of anilines is 1. The molecule has 0 aromatic heterocycles. The van der Waals surface area contributed by atoms with Gasteiger partial charge in [-0.2, -0.15) is 0 Å². The second kappa shape index (κ2) is 8.59. The Bertz CT molecular complexity index is 933. The van der Waals surface area contributed by atoms with Crippen molar-refractivity contribution in [2.24, 2.45) is 5.14 Å². The van der Waals surface area contributed by atoms with Gasteiger partial charge in [0, 0.05) is 23.8 Å². The SMILES string of the molecule is C[C@@H](C(=O)Nc1ccc(S(N)(=O)=O)cc1)N1CCO[C@H](c2ccc(Cl)cc2)C1. The molecule has 0 unspecified atom stereocenters. The van der Waals surface area contributed by atoms with E-state index in [0.29, 0.717) is 30.4 Å². The number of nitrogens with two attached hydrogens (primary N) is 1. The Morgan fingerprint density at radius 3 is 2.46 bits per heavy atom. The number of carbonyl (C=O) groups excluding carboxylic acids is 1. The van der Waals surface area contributed by atoms with Crippen molar-refractivity contribution in [2.45, 2.75) is 24.0 Å². The van der Waals surface area contributed by atoms with Gasteiger partial charge in [0.1, 0.15) is 0 Å². The zero-order valence-electron chi connectivity index (χ0n) is 15.3. The third-order valence-electron chi connectivity index (χ3n) is 4.72. The van der Waals surface area contributed by atoms with Gasteiger partial charge in [0.2, 0.25) is 15.9 Å². The molecule has 1 aliphatic rings. The van der Waals surface area contributed by atoms with Crippen LogP contribution in [0.3, 0.4) is 0 Å². The third kappa shape index (κ3) is 5.09. The maximum absolute atomic E-state index is 12.6. The highest BCUT2D eigenvalue weighted by molar-refractivity contribution is 7.89. The van der Waals surface area contributed by atoms with Crippen LogP contribution in [0.5, 0.6) is 0 Å². The Morgan fingerprint density at radius 2 is 1.86 bits per heavy atom. The van der Waals surface area contributed by atoms with E-state index in [1.54, 1.807) is 0 Å². The van der Waals surface area contributed by atoms with Gasteiger partial charge in [0.05, 0.1) is 23.6 Å². The standard InChI is InChI=1S/C19H22ClN3O4S/c1-13(19(24)22-16-6-8-17(9-7-16)28(21,25)26)23-10-11-27-18(12-23)14-2-4-15(20)5-3-14/h2-9,13,18H,10-12H2,1H3,(H,22,24)(H2,21,25,26)/t13-,18-/m0/s1. The third-order valence-corrected chi connectivity index (χ3v) is 5.90. The lowest BCUT2D eigenvalue weighted by molar-refractivity contribution is -0.124. The molecule has 2 aromatic carbocycles. The average Bonchev–Trinajstić information content (AvgIpc) is 2.68. The molecule has 3 rings (SSSR count). The number of carbonyl (C=O) groups is 1. The molecular weight excluding hydrogens is 402 g/mol. The zero-order valence-corrected chi connectivity index (χ0v) is 16.9. The van der Waals surface area contributed by atoms with Crippen LogP contribution < -0.4 is 10.5 Å². The monoisotopic (exact) mass is 423 g/mol. The van der Waals surface area contributed by atoms with Gasteiger partial charge in [0.25, 0.3) is 0 Å². The normalized spacial score (nSPS) is 19.2. The van der Waals surface area contributed by atoms with E-state index in [9.17, 15) is 13.2 Å². The molecule has 1 saturated heterocycles. The van der Waals surface area contributed by atoms with Crippen molar-refractivity contribution in [1.82, 2.24) is 4.90 Å². The van der Waals surface area contributed by atoms with E-state index in [1.807, 2.05) is 31.2 Å². The van der Waals surface area contributed by atoms with Gasteiger partial charge in [-0.05, 0) is 48.9 Å². The van der Waals surface area contributed by atoms with Gasteiger partial charge < -0.3 is 10.1 Å². The fourth-order valence-corrected chi connectivity index (χ4v) is 3.68. The summed E-state index contributed by atoms with van der Waals surface area (Å²) in [6.07, 6.45) is -0.129. The van der Waals surface area contributed by atoms with E-state index >= 15 is 0 Å². The number of rotatable bonds is 5. The van der Waals surface area contributed by atoms with Gasteiger partial charge >= 0.3 is 0 Å². The molecule has 28 heavy (non-hydrogen) atoms. The molecule has 0 aliphatic carbocycles. The van der Waals surface area contributed by atoms with Crippen molar-refractivity contribution in [2.75, 3.05) is 25.0 Å². The molecule has 1 fully saturated rings. The van der Waals surface area contributed by atoms with E-state index in [2.05, 4.69) is 10.2 Å². The van der Waals surface area contributed by atoms with Crippen LogP contribution in [0.15, 0.2) is 53.4 Å². The summed E-state index contributed by atoms with van der Waals surface area (Å²) < 4.78 is 28.5. The van der Waals surface area contributed by atoms with E-state index in [0.717, 1.165) is 5.56 Å². The fraction of sp³-hybridized carbons (Fsp3) is 0.316. The highest BCUT2D eigenvalue weighted by Gasteiger charge is 2.28. The van der Waals surface area contributed by atoms with E-state index in [1.165, 1.54) is 24.3 Å². The molecular formula is C19H22ClN3O4S. The van der Waals surface area contributed by atoms with Crippen molar-refractivity contribution < 1.29 is 17.9 Å². The molecule has 0 bridgehead atoms. The number of sulfonamides is 1. The first-order valence-corrected chi connectivity index (χ1v) is 10.7. The number of hydrogen-bond donors (Lipinski definition) is 2. The average molecular weight is 424 g/mol. The number of ether oxygens (including phenoxy) is 1. The summed E-state index contributed by atoms with van der Waals surface area (Å²) in [5.41, 5.74) is 1.52. The summed E-state index contributed by atoms with van der Waals surface area (Å²) in [5, 5.41) is 8.55. The predicted octanol–water partition coefficient (Wildman–Crippen LogP) is 2.39. The van der Waals surface area contributed by atoms with Crippen LogP contribution >= 0.6 is 11.6 Å². The Hall–Kier alpha value is -1.97. The molecule has 1 heterocycles. The number of nitrogens with one attached hydrogen (secondary N) is 1. The van der Waals surface area contributed by atoms with Crippen molar-refractivity contribution in [3.8, 4) is 0 Å². The Balaban J connectivity index is 1.63.